The highest BCUT2D eigenvalue weighted by atomic mass is 16.5. The van der Waals surface area contributed by atoms with Crippen molar-refractivity contribution in [2.75, 3.05) is 0 Å². The zero-order valence-corrected chi connectivity index (χ0v) is 18.0. The second-order valence-corrected chi connectivity index (χ2v) is 9.95. The number of allylic oxidation sites excluding steroid dienone is 2. The van der Waals surface area contributed by atoms with Crippen LogP contribution in [0.1, 0.15) is 55.2 Å². The average Bonchev–Trinajstić information content (AvgIpc) is 3.23. The van der Waals surface area contributed by atoms with Crippen LogP contribution >= 0.6 is 0 Å². The molecule has 2 aromatic rings. The molecule has 0 amide bonds. The first-order valence-corrected chi connectivity index (χ1v) is 11.9. The summed E-state index contributed by atoms with van der Waals surface area (Å²) in [6.07, 6.45) is 17.4. The molecular weight excluding hydrogens is 364 g/mol. The van der Waals surface area contributed by atoms with Gasteiger partial charge in [0.15, 0.2) is 0 Å². The van der Waals surface area contributed by atoms with Gasteiger partial charge in [-0.25, -0.2) is 0 Å². The number of rotatable bonds is 2. The third kappa shape index (κ3) is 2.39. The van der Waals surface area contributed by atoms with Gasteiger partial charge >= 0.3 is 0 Å². The lowest BCUT2D eigenvalue weighted by molar-refractivity contribution is -0.0838. The zero-order valence-electron chi connectivity index (χ0n) is 18.0. The molecule has 1 saturated carbocycles. The monoisotopic (exact) mass is 396 g/mol. The van der Waals surface area contributed by atoms with E-state index >= 15 is 0 Å². The highest BCUT2D eigenvalue weighted by Crippen LogP contribution is 2.73. The molecule has 2 saturated heterocycles. The molecule has 0 spiro atoms. The van der Waals surface area contributed by atoms with Gasteiger partial charge in [-0.05, 0) is 42.7 Å². The van der Waals surface area contributed by atoms with Crippen LogP contribution in [0.2, 0.25) is 0 Å². The van der Waals surface area contributed by atoms with E-state index in [0.29, 0.717) is 23.7 Å². The summed E-state index contributed by atoms with van der Waals surface area (Å²) in [7, 11) is 0. The van der Waals surface area contributed by atoms with Crippen LogP contribution in [0.3, 0.4) is 0 Å². The van der Waals surface area contributed by atoms with Crippen molar-refractivity contribution in [3.05, 3.63) is 95.6 Å². The van der Waals surface area contributed by atoms with Crippen molar-refractivity contribution < 1.29 is 4.74 Å². The normalized spacial score (nSPS) is 39.2. The molecule has 2 bridgehead atoms. The van der Waals surface area contributed by atoms with Crippen LogP contribution < -0.4 is 0 Å². The largest absolute Gasteiger partial charge is 0.357 e. The Hall–Kier alpha value is -2.12. The minimum atomic E-state index is -0.211. The van der Waals surface area contributed by atoms with Gasteiger partial charge in [-0.3, -0.25) is 0 Å². The molecule has 3 fully saturated rings. The molecule has 1 nitrogen and oxygen atoms in total. The van der Waals surface area contributed by atoms with Gasteiger partial charge in [-0.1, -0.05) is 110 Å². The molecule has 4 aliphatic rings. The van der Waals surface area contributed by atoms with E-state index in [0.717, 1.165) is 0 Å². The fourth-order valence-electron chi connectivity index (χ4n) is 7.44. The van der Waals surface area contributed by atoms with E-state index in [1.807, 2.05) is 0 Å². The molecule has 0 aromatic heterocycles. The summed E-state index contributed by atoms with van der Waals surface area (Å²) in [5, 5.41) is 0. The number of hydrogen-bond donors (Lipinski definition) is 0. The minimum absolute atomic E-state index is 0.208. The number of aryl methyl sites for hydroxylation is 1. The summed E-state index contributed by atoms with van der Waals surface area (Å²) < 4.78 is 7.56. The van der Waals surface area contributed by atoms with Crippen LogP contribution in [0.15, 0.2) is 78.9 Å². The third-order valence-electron chi connectivity index (χ3n) is 8.56. The Bertz CT molecular complexity index is 971. The first-order valence-electron chi connectivity index (χ1n) is 11.9. The second kappa shape index (κ2) is 6.95. The quantitative estimate of drug-likeness (QED) is 0.527. The standard InChI is InChI=1S/C29H32O/c1-21-17-19-23(20-18-21)29-25-14-8-3-2-7-13-24(25)28(30-29,22-11-5-4-6-12-22)26-15-9-10-16-27(26)29/h4-6,9-12,15-20,24-27H,2-3,7-8,13-14H2,1H3. The van der Waals surface area contributed by atoms with E-state index in [4.69, 9.17) is 4.74 Å². The summed E-state index contributed by atoms with van der Waals surface area (Å²) >= 11 is 0. The summed E-state index contributed by atoms with van der Waals surface area (Å²) in [5.74, 6) is 1.98. The Morgan fingerprint density at radius 2 is 1.20 bits per heavy atom. The second-order valence-electron chi connectivity index (χ2n) is 9.95. The van der Waals surface area contributed by atoms with Gasteiger partial charge in [0.2, 0.25) is 0 Å². The number of fused-ring (bicyclic) bond motifs is 8. The Balaban J connectivity index is 1.61. The fourth-order valence-corrected chi connectivity index (χ4v) is 7.44. The fraction of sp³-hybridized carbons (Fsp3) is 0.448. The predicted octanol–water partition coefficient (Wildman–Crippen LogP) is 7.07. The van der Waals surface area contributed by atoms with Gasteiger partial charge in [-0.2, -0.15) is 0 Å². The van der Waals surface area contributed by atoms with E-state index in [1.165, 1.54) is 55.2 Å². The molecular formula is C29H32O. The van der Waals surface area contributed by atoms with Crippen LogP contribution in [-0.2, 0) is 15.9 Å². The topological polar surface area (TPSA) is 9.23 Å². The van der Waals surface area contributed by atoms with Crippen molar-refractivity contribution in [1.82, 2.24) is 0 Å². The van der Waals surface area contributed by atoms with Gasteiger partial charge in [0.1, 0.15) is 11.2 Å². The Morgan fingerprint density at radius 3 is 1.77 bits per heavy atom. The van der Waals surface area contributed by atoms with Gasteiger partial charge in [0.05, 0.1) is 0 Å². The maximum atomic E-state index is 7.56. The Labute approximate surface area is 180 Å². The molecule has 0 radical (unpaired) electrons. The van der Waals surface area contributed by atoms with Gasteiger partial charge in [0, 0.05) is 11.8 Å². The van der Waals surface area contributed by atoms with Crippen LogP contribution in [-0.4, -0.2) is 0 Å². The highest BCUT2D eigenvalue weighted by Gasteiger charge is 2.74. The molecule has 2 heterocycles. The number of ether oxygens (including phenoxy) is 1. The van der Waals surface area contributed by atoms with Gasteiger partial charge < -0.3 is 4.74 Å². The lowest BCUT2D eigenvalue weighted by Gasteiger charge is -2.48. The maximum Gasteiger partial charge on any atom is 0.104 e. The lowest BCUT2D eigenvalue weighted by atomic mass is 9.51. The first-order chi connectivity index (χ1) is 14.8. The highest BCUT2D eigenvalue weighted by molar-refractivity contribution is 5.44. The average molecular weight is 397 g/mol. The molecule has 6 atom stereocenters. The molecule has 2 aliphatic carbocycles. The van der Waals surface area contributed by atoms with Crippen LogP contribution in [0.5, 0.6) is 0 Å². The summed E-state index contributed by atoms with van der Waals surface area (Å²) in [6.45, 7) is 2.19. The molecule has 1 heteroatoms. The minimum Gasteiger partial charge on any atom is -0.357 e. The molecule has 2 aromatic carbocycles. The number of hydrogen-bond acceptors (Lipinski definition) is 1. The van der Waals surface area contributed by atoms with E-state index in [1.54, 1.807) is 0 Å². The SMILES string of the molecule is Cc1ccc(C23OC(c4ccccc4)(C4C=CC=CC42)C2CCCCCCC23)cc1. The predicted molar refractivity (Wildman–Crippen MR) is 122 cm³/mol. The van der Waals surface area contributed by atoms with Gasteiger partial charge in [-0.15, -0.1) is 0 Å². The number of benzene rings is 2. The molecule has 6 rings (SSSR count). The lowest BCUT2D eigenvalue weighted by Crippen LogP contribution is -2.49. The van der Waals surface area contributed by atoms with Crippen molar-refractivity contribution in [3.63, 3.8) is 0 Å². The summed E-state index contributed by atoms with van der Waals surface area (Å²) in [4.78, 5) is 0. The molecule has 154 valence electrons. The molecule has 2 aliphatic heterocycles. The molecule has 30 heavy (non-hydrogen) atoms. The van der Waals surface area contributed by atoms with Crippen LogP contribution in [0.4, 0.5) is 0 Å². The maximum absolute atomic E-state index is 7.56. The first kappa shape index (κ1) is 18.6. The Kier molecular flexibility index (Phi) is 4.32. The van der Waals surface area contributed by atoms with E-state index < -0.39 is 0 Å². The van der Waals surface area contributed by atoms with Crippen molar-refractivity contribution in [1.29, 1.82) is 0 Å². The Morgan fingerprint density at radius 1 is 0.667 bits per heavy atom. The van der Waals surface area contributed by atoms with Crippen LogP contribution in [0, 0.1) is 30.6 Å². The smallest absolute Gasteiger partial charge is 0.104 e. The van der Waals surface area contributed by atoms with Crippen molar-refractivity contribution >= 4 is 0 Å². The van der Waals surface area contributed by atoms with Crippen molar-refractivity contribution in [2.24, 2.45) is 23.7 Å². The van der Waals surface area contributed by atoms with Gasteiger partial charge in [0.25, 0.3) is 0 Å². The summed E-state index contributed by atoms with van der Waals surface area (Å²) in [5.41, 5.74) is 3.69. The van der Waals surface area contributed by atoms with Crippen LogP contribution in [0.25, 0.3) is 0 Å². The van der Waals surface area contributed by atoms with E-state index in [-0.39, 0.29) is 11.2 Å². The van der Waals surface area contributed by atoms with Crippen molar-refractivity contribution in [3.8, 4) is 0 Å². The third-order valence-corrected chi connectivity index (χ3v) is 8.56. The van der Waals surface area contributed by atoms with E-state index in [9.17, 15) is 0 Å². The molecule has 0 N–H and O–H groups in total. The summed E-state index contributed by atoms with van der Waals surface area (Å²) in [6, 6.07) is 20.5. The molecule has 6 unspecified atom stereocenters. The zero-order chi connectivity index (χ0) is 20.2. The van der Waals surface area contributed by atoms with E-state index in [2.05, 4.69) is 85.8 Å². The van der Waals surface area contributed by atoms with Crippen molar-refractivity contribution in [2.45, 2.75) is 56.7 Å².